The second-order valence-corrected chi connectivity index (χ2v) is 5.94. The Bertz CT molecular complexity index is 777. The highest BCUT2D eigenvalue weighted by molar-refractivity contribution is 6.30. The molecule has 1 N–H and O–H groups in total. The first kappa shape index (κ1) is 16.6. The van der Waals surface area contributed by atoms with Gasteiger partial charge in [0.1, 0.15) is 0 Å². The van der Waals surface area contributed by atoms with Crippen molar-refractivity contribution in [3.63, 3.8) is 0 Å². The molecule has 1 aliphatic heterocycles. The maximum absolute atomic E-state index is 13.1. The van der Waals surface area contributed by atoms with Crippen LogP contribution in [-0.2, 0) is 12.6 Å². The minimum absolute atomic E-state index is 0.0383. The summed E-state index contributed by atoms with van der Waals surface area (Å²) < 4.78 is 39.4. The number of urea groups is 1. The molecule has 0 unspecified atom stereocenters. The molecule has 0 spiro atoms. The molecule has 0 fully saturated rings. The third-order valence-electron chi connectivity index (χ3n) is 3.88. The Hall–Kier alpha value is -2.21. The molecular weight excluding hydrogens is 341 g/mol. The van der Waals surface area contributed by atoms with Gasteiger partial charge >= 0.3 is 12.2 Å². The molecule has 2 amide bonds. The second kappa shape index (κ2) is 6.36. The normalized spacial score (nSPS) is 14.2. The Kier molecular flexibility index (Phi) is 4.41. The molecule has 126 valence electrons. The molecule has 0 bridgehead atoms. The van der Waals surface area contributed by atoms with E-state index in [9.17, 15) is 18.0 Å². The van der Waals surface area contributed by atoms with Gasteiger partial charge in [-0.05, 0) is 42.7 Å². The number of nitrogens with one attached hydrogen (secondary N) is 1. The van der Waals surface area contributed by atoms with Crippen LogP contribution in [0.3, 0.4) is 0 Å². The van der Waals surface area contributed by atoms with Crippen molar-refractivity contribution in [1.29, 1.82) is 0 Å². The van der Waals surface area contributed by atoms with Crippen LogP contribution < -0.4 is 10.2 Å². The van der Waals surface area contributed by atoms with Crippen LogP contribution in [0, 0.1) is 0 Å². The summed E-state index contributed by atoms with van der Waals surface area (Å²) in [4.78, 5) is 14.0. The first-order chi connectivity index (χ1) is 11.4. The van der Waals surface area contributed by atoms with E-state index < -0.39 is 17.8 Å². The summed E-state index contributed by atoms with van der Waals surface area (Å²) in [7, 11) is 0. The summed E-state index contributed by atoms with van der Waals surface area (Å²) in [6, 6.07) is 10.1. The number of amides is 2. The molecule has 1 aliphatic rings. The van der Waals surface area contributed by atoms with E-state index in [1.165, 1.54) is 17.0 Å². The van der Waals surface area contributed by atoms with E-state index in [-0.39, 0.29) is 10.7 Å². The highest BCUT2D eigenvalue weighted by Crippen LogP contribution is 2.37. The van der Waals surface area contributed by atoms with Gasteiger partial charge in [-0.3, -0.25) is 4.90 Å². The van der Waals surface area contributed by atoms with Crippen LogP contribution in [0.2, 0.25) is 5.02 Å². The average molecular weight is 355 g/mol. The minimum Gasteiger partial charge on any atom is -0.307 e. The maximum Gasteiger partial charge on any atom is 0.418 e. The van der Waals surface area contributed by atoms with Gasteiger partial charge in [-0.25, -0.2) is 4.79 Å². The fourth-order valence-corrected chi connectivity index (χ4v) is 2.96. The number of alkyl halides is 3. The molecule has 0 aliphatic carbocycles. The Labute approximate surface area is 142 Å². The predicted octanol–water partition coefficient (Wildman–Crippen LogP) is 5.34. The number of benzene rings is 2. The van der Waals surface area contributed by atoms with Crippen molar-refractivity contribution in [2.45, 2.75) is 19.0 Å². The third kappa shape index (κ3) is 3.33. The number of carbonyl (C=O) groups excluding carboxylic acids is 1. The van der Waals surface area contributed by atoms with Gasteiger partial charge in [0, 0.05) is 17.3 Å². The van der Waals surface area contributed by atoms with Gasteiger partial charge in [-0.1, -0.05) is 29.8 Å². The second-order valence-electron chi connectivity index (χ2n) is 5.50. The lowest BCUT2D eigenvalue weighted by molar-refractivity contribution is -0.136. The summed E-state index contributed by atoms with van der Waals surface area (Å²) in [6.45, 7) is 0.456. The topological polar surface area (TPSA) is 32.3 Å². The van der Waals surface area contributed by atoms with Crippen molar-refractivity contribution in [1.82, 2.24) is 0 Å². The maximum atomic E-state index is 13.1. The van der Waals surface area contributed by atoms with Crippen LogP contribution >= 0.6 is 11.6 Å². The molecule has 0 atom stereocenters. The summed E-state index contributed by atoms with van der Waals surface area (Å²) >= 11 is 5.65. The number of rotatable bonds is 1. The average Bonchev–Trinajstić information content (AvgIpc) is 2.55. The van der Waals surface area contributed by atoms with Crippen molar-refractivity contribution in [3.05, 3.63) is 58.6 Å². The van der Waals surface area contributed by atoms with Crippen molar-refractivity contribution in [3.8, 4) is 0 Å². The Balaban J connectivity index is 1.89. The zero-order chi connectivity index (χ0) is 17.3. The fourth-order valence-electron chi connectivity index (χ4n) is 2.79. The molecule has 7 heteroatoms. The number of halogens is 4. The Morgan fingerprint density at radius 1 is 1.17 bits per heavy atom. The van der Waals surface area contributed by atoms with E-state index in [1.807, 2.05) is 12.1 Å². The summed E-state index contributed by atoms with van der Waals surface area (Å²) in [5.74, 6) is 0. The molecule has 3 rings (SSSR count). The van der Waals surface area contributed by atoms with Crippen molar-refractivity contribution >= 4 is 29.0 Å². The lowest BCUT2D eigenvalue weighted by atomic mass is 10.0. The molecule has 3 nitrogen and oxygen atoms in total. The number of anilines is 2. The smallest absolute Gasteiger partial charge is 0.307 e. The SMILES string of the molecule is O=C(Nc1ccc(Cl)cc1C(F)(F)F)N1CCCc2ccccc21. The summed E-state index contributed by atoms with van der Waals surface area (Å²) in [5, 5.41) is 2.32. The summed E-state index contributed by atoms with van der Waals surface area (Å²) in [5.41, 5.74) is 0.462. The number of fused-ring (bicyclic) bond motifs is 1. The highest BCUT2D eigenvalue weighted by Gasteiger charge is 2.35. The molecule has 0 aromatic heterocycles. The molecule has 1 heterocycles. The van der Waals surface area contributed by atoms with Crippen LogP contribution in [0.15, 0.2) is 42.5 Å². The van der Waals surface area contributed by atoms with Crippen LogP contribution in [0.25, 0.3) is 0 Å². The quantitative estimate of drug-likeness (QED) is 0.736. The first-order valence-corrected chi connectivity index (χ1v) is 7.77. The zero-order valence-corrected chi connectivity index (χ0v) is 13.3. The summed E-state index contributed by atoms with van der Waals surface area (Å²) in [6.07, 6.45) is -3.00. The monoisotopic (exact) mass is 354 g/mol. The molecular formula is C17H14ClF3N2O. The largest absolute Gasteiger partial charge is 0.418 e. The van der Waals surface area contributed by atoms with Crippen molar-refractivity contribution < 1.29 is 18.0 Å². The standard InChI is InChI=1S/C17H14ClF3N2O/c18-12-7-8-14(13(10-12)17(19,20)21)22-16(24)23-9-3-5-11-4-1-2-6-15(11)23/h1-2,4,6-8,10H,3,5,9H2,(H,22,24). The molecule has 2 aromatic rings. The van der Waals surface area contributed by atoms with Gasteiger partial charge in [0.05, 0.1) is 11.3 Å². The third-order valence-corrected chi connectivity index (χ3v) is 4.12. The van der Waals surface area contributed by atoms with E-state index in [0.29, 0.717) is 6.54 Å². The van der Waals surface area contributed by atoms with Crippen molar-refractivity contribution in [2.75, 3.05) is 16.8 Å². The lowest BCUT2D eigenvalue weighted by Gasteiger charge is -2.29. The number of aryl methyl sites for hydroxylation is 1. The van der Waals surface area contributed by atoms with E-state index in [0.717, 1.165) is 30.2 Å². The van der Waals surface area contributed by atoms with Gasteiger partial charge in [-0.2, -0.15) is 13.2 Å². The van der Waals surface area contributed by atoms with Gasteiger partial charge in [0.25, 0.3) is 0 Å². The predicted molar refractivity (Wildman–Crippen MR) is 87.6 cm³/mol. The van der Waals surface area contributed by atoms with Gasteiger partial charge in [-0.15, -0.1) is 0 Å². The van der Waals surface area contributed by atoms with Crippen LogP contribution in [0.5, 0.6) is 0 Å². The number of para-hydroxylation sites is 1. The number of carbonyl (C=O) groups is 1. The van der Waals surface area contributed by atoms with Crippen LogP contribution in [-0.4, -0.2) is 12.6 Å². The highest BCUT2D eigenvalue weighted by atomic mass is 35.5. The van der Waals surface area contributed by atoms with Gasteiger partial charge < -0.3 is 5.32 Å². The molecule has 0 radical (unpaired) electrons. The van der Waals surface area contributed by atoms with E-state index >= 15 is 0 Å². The first-order valence-electron chi connectivity index (χ1n) is 7.39. The number of hydrogen-bond donors (Lipinski definition) is 1. The molecule has 0 saturated carbocycles. The Morgan fingerprint density at radius 2 is 1.92 bits per heavy atom. The fraction of sp³-hybridized carbons (Fsp3) is 0.235. The lowest BCUT2D eigenvalue weighted by Crippen LogP contribution is -2.39. The molecule has 24 heavy (non-hydrogen) atoms. The molecule has 0 saturated heterocycles. The van der Waals surface area contributed by atoms with Gasteiger partial charge in [0.15, 0.2) is 0 Å². The minimum atomic E-state index is -4.60. The number of hydrogen-bond acceptors (Lipinski definition) is 1. The molecule has 2 aromatic carbocycles. The number of nitrogens with zero attached hydrogens (tertiary/aromatic N) is 1. The van der Waals surface area contributed by atoms with Crippen LogP contribution in [0.1, 0.15) is 17.5 Å². The van der Waals surface area contributed by atoms with E-state index in [4.69, 9.17) is 11.6 Å². The Morgan fingerprint density at radius 3 is 2.67 bits per heavy atom. The van der Waals surface area contributed by atoms with E-state index in [1.54, 1.807) is 12.1 Å². The van der Waals surface area contributed by atoms with E-state index in [2.05, 4.69) is 5.32 Å². The van der Waals surface area contributed by atoms with Crippen LogP contribution in [0.4, 0.5) is 29.3 Å². The zero-order valence-electron chi connectivity index (χ0n) is 12.5. The van der Waals surface area contributed by atoms with Gasteiger partial charge in [0.2, 0.25) is 0 Å². The van der Waals surface area contributed by atoms with Crippen molar-refractivity contribution in [2.24, 2.45) is 0 Å².